The molecule has 0 saturated carbocycles. The molecule has 4 aromatic rings. The van der Waals surface area contributed by atoms with E-state index in [1.807, 2.05) is 30.3 Å². The van der Waals surface area contributed by atoms with Gasteiger partial charge >= 0.3 is 11.9 Å². The van der Waals surface area contributed by atoms with Gasteiger partial charge in [-0.3, -0.25) is 28.9 Å². The van der Waals surface area contributed by atoms with E-state index in [0.717, 1.165) is 38.5 Å². The zero-order chi connectivity index (χ0) is 32.3. The number of halogens is 4. The lowest BCUT2D eigenvalue weighted by Gasteiger charge is -2.36. The zero-order valence-electron chi connectivity index (χ0n) is 24.5. The standard InChI is InChI=1S/C32H31F4N5O4/c1-22-29(38-17-15-37(16-18-38)20-24-9-5-10-25(19-24)41(44)45)30(42)39(14-13-23-7-3-2-4-8-23)31(43)40(22)21-26-27(32(34,35)36)11-6-12-28(26)33/h2-12,19H,13-18,20-21H2,1H3. The van der Waals surface area contributed by atoms with Crippen molar-refractivity contribution in [1.82, 2.24) is 14.0 Å². The van der Waals surface area contributed by atoms with Crippen LogP contribution in [0.15, 0.2) is 82.4 Å². The third-order valence-corrected chi connectivity index (χ3v) is 8.08. The predicted molar refractivity (Wildman–Crippen MR) is 161 cm³/mol. The predicted octanol–water partition coefficient (Wildman–Crippen LogP) is 5.00. The Morgan fingerprint density at radius 3 is 2.18 bits per heavy atom. The molecule has 9 nitrogen and oxygen atoms in total. The number of aromatic nitrogens is 2. The first-order chi connectivity index (χ1) is 21.4. The van der Waals surface area contributed by atoms with E-state index in [1.165, 1.54) is 19.1 Å². The van der Waals surface area contributed by atoms with Crippen molar-refractivity contribution in [3.05, 3.63) is 138 Å². The van der Waals surface area contributed by atoms with E-state index in [9.17, 15) is 37.3 Å². The lowest BCUT2D eigenvalue weighted by atomic mass is 10.1. The number of benzene rings is 3. The number of aryl methyl sites for hydroxylation is 1. The molecule has 0 radical (unpaired) electrons. The van der Waals surface area contributed by atoms with Crippen LogP contribution in [-0.4, -0.2) is 45.1 Å². The van der Waals surface area contributed by atoms with Crippen molar-refractivity contribution in [2.45, 2.75) is 39.2 Å². The maximum absolute atomic E-state index is 14.9. The summed E-state index contributed by atoms with van der Waals surface area (Å²) in [5.41, 5.74) is -1.34. The van der Waals surface area contributed by atoms with Gasteiger partial charge < -0.3 is 4.90 Å². The van der Waals surface area contributed by atoms with Crippen LogP contribution in [0.2, 0.25) is 0 Å². The molecular weight excluding hydrogens is 594 g/mol. The van der Waals surface area contributed by atoms with Gasteiger partial charge in [0.15, 0.2) is 0 Å². The topological polar surface area (TPSA) is 93.6 Å². The van der Waals surface area contributed by atoms with Crippen LogP contribution in [0.4, 0.5) is 28.9 Å². The molecule has 0 aliphatic carbocycles. The van der Waals surface area contributed by atoms with Crippen molar-refractivity contribution in [3.63, 3.8) is 0 Å². The second-order valence-electron chi connectivity index (χ2n) is 10.9. The molecular formula is C32H31F4N5O4. The van der Waals surface area contributed by atoms with Gasteiger partial charge in [-0.25, -0.2) is 9.18 Å². The largest absolute Gasteiger partial charge is 0.416 e. The van der Waals surface area contributed by atoms with Crippen molar-refractivity contribution in [2.24, 2.45) is 0 Å². The van der Waals surface area contributed by atoms with E-state index >= 15 is 0 Å². The highest BCUT2D eigenvalue weighted by Crippen LogP contribution is 2.33. The van der Waals surface area contributed by atoms with Gasteiger partial charge in [0, 0.05) is 62.7 Å². The molecule has 0 atom stereocenters. The van der Waals surface area contributed by atoms with E-state index in [-0.39, 0.29) is 23.6 Å². The van der Waals surface area contributed by atoms with E-state index in [4.69, 9.17) is 0 Å². The van der Waals surface area contributed by atoms with Crippen LogP contribution in [0.25, 0.3) is 0 Å². The Bertz CT molecular complexity index is 1810. The maximum Gasteiger partial charge on any atom is 0.416 e. The third-order valence-electron chi connectivity index (χ3n) is 8.08. The number of alkyl halides is 3. The quantitative estimate of drug-likeness (QED) is 0.148. The van der Waals surface area contributed by atoms with Gasteiger partial charge in [-0.15, -0.1) is 0 Å². The first-order valence-electron chi connectivity index (χ1n) is 14.4. The summed E-state index contributed by atoms with van der Waals surface area (Å²) >= 11 is 0. The summed E-state index contributed by atoms with van der Waals surface area (Å²) in [5.74, 6) is -1.10. The summed E-state index contributed by atoms with van der Waals surface area (Å²) in [6, 6.07) is 18.1. The first kappa shape index (κ1) is 31.6. The normalized spacial score (nSPS) is 14.1. The SMILES string of the molecule is Cc1c(N2CCN(Cc3cccc([N+](=O)[O-])c3)CC2)c(=O)n(CCc2ccccc2)c(=O)n1Cc1c(F)cccc1C(F)(F)F. The van der Waals surface area contributed by atoms with Gasteiger partial charge in [0.25, 0.3) is 11.2 Å². The molecule has 3 aromatic carbocycles. The molecule has 5 rings (SSSR count). The van der Waals surface area contributed by atoms with E-state index in [1.54, 1.807) is 17.0 Å². The lowest BCUT2D eigenvalue weighted by Crippen LogP contribution is -2.51. The van der Waals surface area contributed by atoms with E-state index in [2.05, 4.69) is 4.90 Å². The summed E-state index contributed by atoms with van der Waals surface area (Å²) in [6.07, 6.45) is -4.53. The second-order valence-corrected chi connectivity index (χ2v) is 10.9. The fourth-order valence-corrected chi connectivity index (χ4v) is 5.72. The van der Waals surface area contributed by atoms with Crippen molar-refractivity contribution in [3.8, 4) is 0 Å². The van der Waals surface area contributed by atoms with Crippen LogP contribution in [0.5, 0.6) is 0 Å². The van der Waals surface area contributed by atoms with E-state index < -0.39 is 45.8 Å². The van der Waals surface area contributed by atoms with Crippen LogP contribution in [0.1, 0.15) is 27.9 Å². The first-order valence-corrected chi connectivity index (χ1v) is 14.4. The van der Waals surface area contributed by atoms with Crippen LogP contribution in [0.3, 0.4) is 0 Å². The van der Waals surface area contributed by atoms with Crippen LogP contribution >= 0.6 is 0 Å². The number of hydrogen-bond donors (Lipinski definition) is 0. The Morgan fingerprint density at radius 1 is 0.844 bits per heavy atom. The minimum Gasteiger partial charge on any atom is -0.363 e. The fourth-order valence-electron chi connectivity index (χ4n) is 5.72. The molecule has 1 saturated heterocycles. The van der Waals surface area contributed by atoms with Crippen molar-refractivity contribution < 1.29 is 22.5 Å². The summed E-state index contributed by atoms with van der Waals surface area (Å²) in [5, 5.41) is 11.2. The smallest absolute Gasteiger partial charge is 0.363 e. The fraction of sp³-hybridized carbons (Fsp3) is 0.312. The zero-order valence-corrected chi connectivity index (χ0v) is 24.5. The molecule has 0 amide bonds. The number of nitro benzene ring substituents is 1. The lowest BCUT2D eigenvalue weighted by molar-refractivity contribution is -0.384. The van der Waals surface area contributed by atoms with Gasteiger partial charge in [-0.05, 0) is 36.6 Å². The molecule has 45 heavy (non-hydrogen) atoms. The number of nitro groups is 1. The third kappa shape index (κ3) is 6.98. The number of nitrogens with zero attached hydrogens (tertiary/aromatic N) is 5. The van der Waals surface area contributed by atoms with Gasteiger partial charge in [0.2, 0.25) is 0 Å². The van der Waals surface area contributed by atoms with E-state index in [0.29, 0.717) is 39.1 Å². The van der Waals surface area contributed by atoms with Crippen LogP contribution < -0.4 is 16.1 Å². The van der Waals surface area contributed by atoms with Crippen molar-refractivity contribution in [1.29, 1.82) is 0 Å². The second kappa shape index (κ2) is 13.1. The Hall–Kier alpha value is -4.78. The average molecular weight is 626 g/mol. The van der Waals surface area contributed by atoms with Crippen molar-refractivity contribution in [2.75, 3.05) is 31.1 Å². The Labute approximate surface area is 255 Å². The summed E-state index contributed by atoms with van der Waals surface area (Å²) in [6.45, 7) is 2.88. The Morgan fingerprint density at radius 2 is 1.51 bits per heavy atom. The number of piperazine rings is 1. The van der Waals surface area contributed by atoms with Crippen LogP contribution in [0, 0.1) is 22.9 Å². The highest BCUT2D eigenvalue weighted by Gasteiger charge is 2.35. The molecule has 0 spiro atoms. The number of anilines is 1. The minimum absolute atomic E-state index is 0.0106. The Kier molecular flexibility index (Phi) is 9.19. The molecule has 13 heteroatoms. The monoisotopic (exact) mass is 625 g/mol. The molecule has 1 aliphatic heterocycles. The molecule has 236 valence electrons. The maximum atomic E-state index is 14.9. The number of hydrogen-bond acceptors (Lipinski definition) is 6. The van der Waals surface area contributed by atoms with Gasteiger partial charge in [0.1, 0.15) is 11.5 Å². The van der Waals surface area contributed by atoms with Gasteiger partial charge in [-0.2, -0.15) is 13.2 Å². The number of rotatable bonds is 9. The molecule has 0 unspecified atom stereocenters. The molecule has 2 heterocycles. The number of non-ortho nitro benzene ring substituents is 1. The van der Waals surface area contributed by atoms with Gasteiger partial charge in [0.05, 0.1) is 17.0 Å². The average Bonchev–Trinajstić information content (AvgIpc) is 3.01. The highest BCUT2D eigenvalue weighted by atomic mass is 19.4. The van der Waals surface area contributed by atoms with Crippen molar-refractivity contribution >= 4 is 11.4 Å². The summed E-state index contributed by atoms with van der Waals surface area (Å²) < 4.78 is 58.5. The van der Waals surface area contributed by atoms with Gasteiger partial charge in [-0.1, -0.05) is 48.5 Å². The summed E-state index contributed by atoms with van der Waals surface area (Å²) in [7, 11) is 0. The molecule has 1 aliphatic rings. The van der Waals surface area contributed by atoms with Crippen LogP contribution in [-0.2, 0) is 32.2 Å². The molecule has 1 aromatic heterocycles. The molecule has 1 fully saturated rings. The summed E-state index contributed by atoms with van der Waals surface area (Å²) in [4.78, 5) is 42.2. The Balaban J connectivity index is 1.49. The minimum atomic E-state index is -4.85. The molecule has 0 bridgehead atoms. The highest BCUT2D eigenvalue weighted by molar-refractivity contribution is 5.50. The molecule has 0 N–H and O–H groups in total.